The Bertz CT molecular complexity index is 1440. The second kappa shape index (κ2) is 10.6. The Balaban J connectivity index is 1.32. The summed E-state index contributed by atoms with van der Waals surface area (Å²) < 4.78 is 32.8. The van der Waals surface area contributed by atoms with Gasteiger partial charge in [-0.15, -0.1) is 0 Å². The second-order valence-corrected chi connectivity index (χ2v) is 11.0. The normalized spacial score (nSPS) is 17.3. The number of carbonyl (C=O) groups excluding carboxylic acids is 1. The van der Waals surface area contributed by atoms with Crippen LogP contribution in [-0.2, 0) is 14.0 Å². The average molecular weight is 543 g/mol. The lowest BCUT2D eigenvalue weighted by molar-refractivity contribution is 0.00578. The lowest BCUT2D eigenvalue weighted by Gasteiger charge is -2.32. The molecule has 1 heterocycles. The third kappa shape index (κ3) is 5.27. The number of carboxylic acid groups (broad SMARTS) is 1. The number of carboxylic acids is 1. The Hall–Kier alpha value is -3.95. The maximum Gasteiger partial charge on any atom is 0.492 e. The van der Waals surface area contributed by atoms with Crippen LogP contribution in [-0.4, -0.2) is 48.6 Å². The number of rotatable bonds is 7. The van der Waals surface area contributed by atoms with Crippen LogP contribution < -0.4 is 5.32 Å². The molecule has 5 rings (SSSR count). The Kier molecular flexibility index (Phi) is 7.29. The molecular weight excluding hydrogens is 512 g/mol. The molecule has 0 unspecified atom stereocenters. The van der Waals surface area contributed by atoms with Crippen LogP contribution in [0.1, 0.15) is 60.7 Å². The molecule has 0 atom stereocenters. The highest BCUT2D eigenvalue weighted by Crippen LogP contribution is 2.44. The molecule has 3 aromatic rings. The molecule has 1 aliphatic heterocycles. The van der Waals surface area contributed by atoms with Gasteiger partial charge in [0.25, 0.3) is 0 Å². The fourth-order valence-corrected chi connectivity index (χ4v) is 5.00. The number of alkyl carbamates (subject to hydrolysis) is 1. The van der Waals surface area contributed by atoms with E-state index in [1.54, 1.807) is 0 Å². The predicted octanol–water partition coefficient (Wildman–Crippen LogP) is 6.08. The zero-order valence-electron chi connectivity index (χ0n) is 22.9. The van der Waals surface area contributed by atoms with Crippen LogP contribution in [0.4, 0.5) is 9.18 Å². The summed E-state index contributed by atoms with van der Waals surface area (Å²) in [6.07, 6.45) is 0.873. The monoisotopic (exact) mass is 543 g/mol. The van der Waals surface area contributed by atoms with Crippen molar-refractivity contribution >= 4 is 25.3 Å². The average Bonchev–Trinajstić information content (AvgIpc) is 3.34. The van der Waals surface area contributed by atoms with Crippen LogP contribution >= 0.6 is 0 Å². The van der Waals surface area contributed by atoms with Crippen molar-refractivity contribution in [3.05, 3.63) is 100 Å². The van der Waals surface area contributed by atoms with Crippen molar-refractivity contribution in [1.82, 2.24) is 5.32 Å². The van der Waals surface area contributed by atoms with E-state index in [4.69, 9.17) is 19.2 Å². The van der Waals surface area contributed by atoms with E-state index in [0.29, 0.717) is 5.47 Å². The molecule has 206 valence electrons. The van der Waals surface area contributed by atoms with Gasteiger partial charge in [-0.05, 0) is 67.6 Å². The molecule has 1 aliphatic carbocycles. The maximum absolute atomic E-state index is 14.8. The van der Waals surface area contributed by atoms with Crippen molar-refractivity contribution in [2.75, 3.05) is 13.2 Å². The number of carbonyl (C=O) groups is 2. The minimum Gasteiger partial charge on any atom is -0.478 e. The number of halogens is 1. The number of ether oxygens (including phenoxy) is 1. The fourth-order valence-electron chi connectivity index (χ4n) is 5.00. The number of nitrogens with one attached hydrogen (secondary N) is 1. The standard InChI is InChI=1S/C31H31BFNO6/c1-30(2)31(3,4)40-32(39-30)21(15-19-13-14-20(28(35)36)16-27(19)33)17-34-29(37)38-18-26-24-11-7-5-9-22(24)23-10-6-8-12-25(23)26/h5-16,26H,17-18H2,1-4H3,(H,34,37)(H,35,36). The Labute approximate surface area is 233 Å². The molecule has 0 spiro atoms. The zero-order chi connectivity index (χ0) is 28.7. The number of hydrogen-bond donors (Lipinski definition) is 2. The Morgan fingerprint density at radius 3 is 2.10 bits per heavy atom. The summed E-state index contributed by atoms with van der Waals surface area (Å²) in [6, 6.07) is 19.8. The Morgan fingerprint density at radius 1 is 0.975 bits per heavy atom. The smallest absolute Gasteiger partial charge is 0.478 e. The molecule has 0 bridgehead atoms. The molecule has 9 heteroatoms. The molecule has 2 aliphatic rings. The quantitative estimate of drug-likeness (QED) is 0.351. The first-order valence-electron chi connectivity index (χ1n) is 13.1. The van der Waals surface area contributed by atoms with Crippen LogP contribution in [0.25, 0.3) is 17.2 Å². The van der Waals surface area contributed by atoms with E-state index in [-0.39, 0.29) is 30.2 Å². The fraction of sp³-hybridized carbons (Fsp3) is 0.290. The van der Waals surface area contributed by atoms with E-state index in [9.17, 15) is 14.0 Å². The van der Waals surface area contributed by atoms with Gasteiger partial charge in [0.05, 0.1) is 16.8 Å². The number of benzene rings is 3. The van der Waals surface area contributed by atoms with Gasteiger partial charge in [-0.25, -0.2) is 14.0 Å². The van der Waals surface area contributed by atoms with Gasteiger partial charge in [0.15, 0.2) is 0 Å². The van der Waals surface area contributed by atoms with Crippen molar-refractivity contribution in [2.24, 2.45) is 0 Å². The number of aromatic carboxylic acids is 1. The summed E-state index contributed by atoms with van der Waals surface area (Å²) in [5.74, 6) is -2.02. The minimum absolute atomic E-state index is 0.0341. The Morgan fingerprint density at radius 2 is 1.55 bits per heavy atom. The van der Waals surface area contributed by atoms with E-state index < -0.39 is 36.2 Å². The second-order valence-electron chi connectivity index (χ2n) is 11.0. The summed E-state index contributed by atoms with van der Waals surface area (Å²) in [7, 11) is -0.863. The number of fused-ring (bicyclic) bond motifs is 3. The minimum atomic E-state index is -1.22. The summed E-state index contributed by atoms with van der Waals surface area (Å²) in [4.78, 5) is 24.1. The molecule has 1 fully saturated rings. The first-order valence-corrected chi connectivity index (χ1v) is 13.1. The van der Waals surface area contributed by atoms with Gasteiger partial charge in [-0.1, -0.05) is 60.7 Å². The molecule has 0 aromatic heterocycles. The van der Waals surface area contributed by atoms with Gasteiger partial charge >= 0.3 is 19.2 Å². The summed E-state index contributed by atoms with van der Waals surface area (Å²) in [5, 5.41) is 11.9. The van der Waals surface area contributed by atoms with Crippen LogP contribution in [0.3, 0.4) is 0 Å². The van der Waals surface area contributed by atoms with Crippen LogP contribution in [0, 0.1) is 5.82 Å². The van der Waals surface area contributed by atoms with E-state index >= 15 is 0 Å². The van der Waals surface area contributed by atoms with Gasteiger partial charge in [0.1, 0.15) is 12.4 Å². The first-order chi connectivity index (χ1) is 19.0. The van der Waals surface area contributed by atoms with E-state index in [0.717, 1.165) is 28.3 Å². The van der Waals surface area contributed by atoms with Crippen molar-refractivity contribution in [2.45, 2.75) is 44.8 Å². The molecule has 2 N–H and O–H groups in total. The third-order valence-electron chi connectivity index (χ3n) is 7.92. The summed E-state index contributed by atoms with van der Waals surface area (Å²) in [6.45, 7) is 7.70. The van der Waals surface area contributed by atoms with Crippen molar-refractivity contribution < 1.29 is 33.1 Å². The van der Waals surface area contributed by atoms with E-state index in [2.05, 4.69) is 17.4 Å². The zero-order valence-corrected chi connectivity index (χ0v) is 22.9. The van der Waals surface area contributed by atoms with Crippen LogP contribution in [0.15, 0.2) is 72.2 Å². The van der Waals surface area contributed by atoms with Crippen LogP contribution in [0.5, 0.6) is 0 Å². The SMILES string of the molecule is CC1(C)OB(C(=Cc2ccc(C(=O)O)cc2F)CNC(=O)OCC2c3ccccc3-c3ccccc32)OC1(C)C. The predicted molar refractivity (Wildman–Crippen MR) is 150 cm³/mol. The molecule has 0 saturated carbocycles. The molecule has 0 radical (unpaired) electrons. The summed E-state index contributed by atoms with van der Waals surface area (Å²) in [5.41, 5.74) is 3.59. The molecule has 7 nitrogen and oxygen atoms in total. The largest absolute Gasteiger partial charge is 0.492 e. The van der Waals surface area contributed by atoms with E-state index in [1.807, 2.05) is 64.1 Å². The lowest BCUT2D eigenvalue weighted by Crippen LogP contribution is -2.41. The topological polar surface area (TPSA) is 94.1 Å². The lowest BCUT2D eigenvalue weighted by atomic mass is 9.77. The molecule has 3 aromatic carbocycles. The van der Waals surface area contributed by atoms with Crippen molar-refractivity contribution in [3.63, 3.8) is 0 Å². The molecular formula is C31H31BFNO6. The third-order valence-corrected chi connectivity index (χ3v) is 7.92. The van der Waals surface area contributed by atoms with Gasteiger partial charge < -0.3 is 24.5 Å². The van der Waals surface area contributed by atoms with Crippen molar-refractivity contribution in [1.29, 1.82) is 0 Å². The van der Waals surface area contributed by atoms with Crippen LogP contribution in [0.2, 0.25) is 0 Å². The molecule has 1 saturated heterocycles. The van der Waals surface area contributed by atoms with Gasteiger partial charge in [-0.2, -0.15) is 0 Å². The maximum atomic E-state index is 14.8. The molecule has 40 heavy (non-hydrogen) atoms. The first kappa shape index (κ1) is 27.6. The van der Waals surface area contributed by atoms with Gasteiger partial charge in [0.2, 0.25) is 0 Å². The highest BCUT2D eigenvalue weighted by molar-refractivity contribution is 6.56. The van der Waals surface area contributed by atoms with E-state index in [1.165, 1.54) is 18.2 Å². The highest BCUT2D eigenvalue weighted by Gasteiger charge is 2.52. The highest BCUT2D eigenvalue weighted by atomic mass is 19.1. The molecule has 1 amide bonds. The number of hydrogen-bond acceptors (Lipinski definition) is 5. The van der Waals surface area contributed by atoms with Gasteiger partial charge in [0, 0.05) is 18.0 Å². The summed E-state index contributed by atoms with van der Waals surface area (Å²) >= 11 is 0. The number of amides is 1. The van der Waals surface area contributed by atoms with Gasteiger partial charge in [-0.3, -0.25) is 0 Å². The van der Waals surface area contributed by atoms with Crippen molar-refractivity contribution in [3.8, 4) is 11.1 Å².